The molecule has 2 fully saturated rings. The highest BCUT2D eigenvalue weighted by Crippen LogP contribution is 2.45. The van der Waals surface area contributed by atoms with Crippen LogP contribution >= 0.6 is 0 Å². The molecule has 0 bridgehead atoms. The summed E-state index contributed by atoms with van der Waals surface area (Å²) in [5.41, 5.74) is 0.951. The zero-order valence-corrected chi connectivity index (χ0v) is 12.9. The minimum absolute atomic E-state index is 0.452. The second-order valence-electron chi connectivity index (χ2n) is 8.16. The van der Waals surface area contributed by atoms with Crippen molar-refractivity contribution in [1.82, 2.24) is 5.32 Å². The predicted molar refractivity (Wildman–Crippen MR) is 76.8 cm³/mol. The first-order chi connectivity index (χ1) is 8.26. The zero-order valence-electron chi connectivity index (χ0n) is 12.9. The van der Waals surface area contributed by atoms with Crippen LogP contribution in [0, 0.1) is 10.8 Å². The average Bonchev–Trinajstić information content (AvgIpc) is 2.56. The van der Waals surface area contributed by atoms with Gasteiger partial charge in [-0.1, -0.05) is 27.7 Å². The lowest BCUT2D eigenvalue weighted by molar-refractivity contribution is 0.0421. The third-order valence-corrected chi connectivity index (χ3v) is 4.51. The lowest BCUT2D eigenvalue weighted by atomic mass is 9.63. The average molecular weight is 253 g/mol. The molecule has 2 rings (SSSR count). The summed E-state index contributed by atoms with van der Waals surface area (Å²) in [5, 5.41) is 3.77. The van der Waals surface area contributed by atoms with Gasteiger partial charge < -0.3 is 10.1 Å². The van der Waals surface area contributed by atoms with Crippen molar-refractivity contribution in [2.24, 2.45) is 10.8 Å². The Hall–Kier alpha value is -0.0800. The van der Waals surface area contributed by atoms with Gasteiger partial charge in [0.1, 0.15) is 0 Å². The Labute approximate surface area is 113 Å². The second-order valence-corrected chi connectivity index (χ2v) is 8.16. The molecule has 0 amide bonds. The second kappa shape index (κ2) is 5.13. The topological polar surface area (TPSA) is 21.3 Å². The van der Waals surface area contributed by atoms with Gasteiger partial charge >= 0.3 is 0 Å². The van der Waals surface area contributed by atoms with Crippen molar-refractivity contribution in [2.75, 3.05) is 6.54 Å². The molecule has 2 nitrogen and oxygen atoms in total. The van der Waals surface area contributed by atoms with E-state index in [2.05, 4.69) is 39.9 Å². The van der Waals surface area contributed by atoms with Gasteiger partial charge in [0.05, 0.1) is 12.2 Å². The van der Waals surface area contributed by atoms with E-state index >= 15 is 0 Å². The summed E-state index contributed by atoms with van der Waals surface area (Å²) in [4.78, 5) is 0. The fraction of sp³-hybridized carbons (Fsp3) is 1.00. The molecule has 1 aliphatic heterocycles. The standard InChI is InChI=1S/C16H31NO/c1-12-6-7-14(18-12)10-17-13-8-15(2,3)11-16(4,5)9-13/h12-14,17H,6-11H2,1-5H3. The van der Waals surface area contributed by atoms with E-state index in [1.54, 1.807) is 0 Å². The molecular formula is C16H31NO. The third kappa shape index (κ3) is 3.96. The van der Waals surface area contributed by atoms with Crippen LogP contribution in [0.4, 0.5) is 0 Å². The first-order valence-corrected chi connectivity index (χ1v) is 7.65. The number of hydrogen-bond acceptors (Lipinski definition) is 2. The smallest absolute Gasteiger partial charge is 0.0704 e. The Morgan fingerprint density at radius 2 is 1.67 bits per heavy atom. The number of nitrogens with one attached hydrogen (secondary N) is 1. The van der Waals surface area contributed by atoms with Gasteiger partial charge in [0.25, 0.3) is 0 Å². The van der Waals surface area contributed by atoms with Crippen LogP contribution in [0.1, 0.15) is 66.7 Å². The Morgan fingerprint density at radius 1 is 1.06 bits per heavy atom. The van der Waals surface area contributed by atoms with Crippen molar-refractivity contribution in [1.29, 1.82) is 0 Å². The molecule has 0 aromatic heterocycles. The number of hydrogen-bond donors (Lipinski definition) is 1. The Bertz CT molecular complexity index is 269. The molecule has 1 heterocycles. The summed E-state index contributed by atoms with van der Waals surface area (Å²) < 4.78 is 5.89. The molecule has 1 saturated carbocycles. The summed E-state index contributed by atoms with van der Waals surface area (Å²) in [6.07, 6.45) is 7.33. The van der Waals surface area contributed by atoms with Crippen LogP contribution in [-0.2, 0) is 4.74 Å². The minimum Gasteiger partial charge on any atom is -0.374 e. The van der Waals surface area contributed by atoms with Gasteiger partial charge in [-0.15, -0.1) is 0 Å². The summed E-state index contributed by atoms with van der Waals surface area (Å²) in [5.74, 6) is 0. The van der Waals surface area contributed by atoms with Crippen molar-refractivity contribution in [3.05, 3.63) is 0 Å². The van der Waals surface area contributed by atoms with Crippen LogP contribution in [0.3, 0.4) is 0 Å². The van der Waals surface area contributed by atoms with Crippen LogP contribution < -0.4 is 5.32 Å². The fourth-order valence-corrected chi connectivity index (χ4v) is 4.32. The van der Waals surface area contributed by atoms with Crippen LogP contribution in [-0.4, -0.2) is 24.8 Å². The zero-order chi connectivity index (χ0) is 13.4. The third-order valence-electron chi connectivity index (χ3n) is 4.51. The molecule has 2 unspecified atom stereocenters. The van der Waals surface area contributed by atoms with E-state index in [0.29, 0.717) is 29.1 Å². The van der Waals surface area contributed by atoms with E-state index in [0.717, 1.165) is 6.54 Å². The largest absolute Gasteiger partial charge is 0.374 e. The summed E-state index contributed by atoms with van der Waals surface area (Å²) in [6, 6.07) is 0.670. The van der Waals surface area contributed by atoms with Gasteiger partial charge in [-0.3, -0.25) is 0 Å². The molecule has 1 aliphatic carbocycles. The molecule has 1 N–H and O–H groups in total. The van der Waals surface area contributed by atoms with E-state index in [9.17, 15) is 0 Å². The fourth-order valence-electron chi connectivity index (χ4n) is 4.32. The van der Waals surface area contributed by atoms with E-state index in [1.165, 1.54) is 32.1 Å². The molecule has 0 radical (unpaired) electrons. The first kappa shape index (κ1) is 14.3. The van der Waals surface area contributed by atoms with Crippen molar-refractivity contribution >= 4 is 0 Å². The molecule has 2 atom stereocenters. The van der Waals surface area contributed by atoms with Crippen molar-refractivity contribution < 1.29 is 4.74 Å². The lowest BCUT2D eigenvalue weighted by Gasteiger charge is -2.45. The highest BCUT2D eigenvalue weighted by atomic mass is 16.5. The maximum atomic E-state index is 5.89. The maximum Gasteiger partial charge on any atom is 0.0704 e. The summed E-state index contributed by atoms with van der Waals surface area (Å²) in [6.45, 7) is 12.9. The van der Waals surface area contributed by atoms with Crippen LogP contribution in [0.2, 0.25) is 0 Å². The van der Waals surface area contributed by atoms with Crippen LogP contribution in [0.5, 0.6) is 0 Å². The highest BCUT2D eigenvalue weighted by Gasteiger charge is 2.38. The van der Waals surface area contributed by atoms with E-state index in [-0.39, 0.29) is 0 Å². The summed E-state index contributed by atoms with van der Waals surface area (Å²) >= 11 is 0. The number of ether oxygens (including phenoxy) is 1. The molecule has 2 aliphatic rings. The van der Waals surface area contributed by atoms with Gasteiger partial charge in [-0.2, -0.15) is 0 Å². The SMILES string of the molecule is CC1CCC(CNC2CC(C)(C)CC(C)(C)C2)O1. The monoisotopic (exact) mass is 253 g/mol. The molecule has 0 aromatic carbocycles. The van der Waals surface area contributed by atoms with Crippen molar-refractivity contribution in [2.45, 2.75) is 85.0 Å². The maximum absolute atomic E-state index is 5.89. The molecule has 0 aromatic rings. The minimum atomic E-state index is 0.452. The number of rotatable bonds is 3. The molecule has 2 heteroatoms. The van der Waals surface area contributed by atoms with Gasteiger partial charge in [0, 0.05) is 12.6 Å². The highest BCUT2D eigenvalue weighted by molar-refractivity contribution is 4.92. The predicted octanol–water partition coefficient (Wildman–Crippen LogP) is 3.75. The quantitative estimate of drug-likeness (QED) is 0.827. The van der Waals surface area contributed by atoms with Crippen molar-refractivity contribution in [3.63, 3.8) is 0 Å². The molecule has 18 heavy (non-hydrogen) atoms. The molecule has 1 saturated heterocycles. The van der Waals surface area contributed by atoms with E-state index in [4.69, 9.17) is 4.74 Å². The molecule has 0 spiro atoms. The Morgan fingerprint density at radius 3 is 2.17 bits per heavy atom. The normalized spacial score (nSPS) is 35.8. The van der Waals surface area contributed by atoms with Gasteiger partial charge in [-0.25, -0.2) is 0 Å². The Kier molecular flexibility index (Phi) is 4.08. The van der Waals surface area contributed by atoms with E-state index < -0.39 is 0 Å². The molecule has 106 valence electrons. The molecular weight excluding hydrogens is 222 g/mol. The van der Waals surface area contributed by atoms with Gasteiger partial charge in [-0.05, 0) is 49.9 Å². The lowest BCUT2D eigenvalue weighted by Crippen LogP contribution is -2.45. The van der Waals surface area contributed by atoms with Crippen LogP contribution in [0.25, 0.3) is 0 Å². The van der Waals surface area contributed by atoms with Crippen molar-refractivity contribution in [3.8, 4) is 0 Å². The van der Waals surface area contributed by atoms with Gasteiger partial charge in [0.15, 0.2) is 0 Å². The van der Waals surface area contributed by atoms with E-state index in [1.807, 2.05) is 0 Å². The summed E-state index contributed by atoms with van der Waals surface area (Å²) in [7, 11) is 0. The first-order valence-electron chi connectivity index (χ1n) is 7.65. The van der Waals surface area contributed by atoms with Crippen LogP contribution in [0.15, 0.2) is 0 Å². The Balaban J connectivity index is 1.82. The van der Waals surface area contributed by atoms with Gasteiger partial charge in [0.2, 0.25) is 0 Å².